The lowest BCUT2D eigenvalue weighted by Gasteiger charge is -2.21. The second-order valence-electron chi connectivity index (χ2n) is 6.79. The first kappa shape index (κ1) is 18.0. The van der Waals surface area contributed by atoms with Crippen LogP contribution >= 0.6 is 0 Å². The molecule has 8 heteroatoms. The number of rotatable bonds is 4. The van der Waals surface area contributed by atoms with Crippen molar-refractivity contribution in [2.24, 2.45) is 10.3 Å². The Kier molecular flexibility index (Phi) is 4.26. The van der Waals surface area contributed by atoms with Gasteiger partial charge >= 0.3 is 0 Å². The first-order chi connectivity index (χ1) is 13.4. The number of carbonyl (C=O) groups is 2. The van der Waals surface area contributed by atoms with Crippen molar-refractivity contribution in [2.45, 2.75) is 25.9 Å². The van der Waals surface area contributed by atoms with Gasteiger partial charge in [-0.3, -0.25) is 9.59 Å². The summed E-state index contributed by atoms with van der Waals surface area (Å²) in [5, 5.41) is 9.70. The highest BCUT2D eigenvalue weighted by atomic mass is 16.5. The minimum Gasteiger partial charge on any atom is -0.497 e. The van der Waals surface area contributed by atoms with Crippen molar-refractivity contribution in [3.05, 3.63) is 47.5 Å². The molecule has 4 rings (SSSR count). The Bertz CT molecular complexity index is 981. The van der Waals surface area contributed by atoms with Gasteiger partial charge in [0.25, 0.3) is 11.8 Å². The first-order valence-electron chi connectivity index (χ1n) is 8.82. The highest BCUT2D eigenvalue weighted by Gasteiger charge is 2.55. The van der Waals surface area contributed by atoms with Gasteiger partial charge in [-0.15, -0.1) is 0 Å². The van der Waals surface area contributed by atoms with Crippen LogP contribution in [0.5, 0.6) is 11.5 Å². The zero-order valence-electron chi connectivity index (χ0n) is 16.0. The summed E-state index contributed by atoms with van der Waals surface area (Å²) in [5.74, 6) is 0.174. The Hall–Kier alpha value is -3.42. The number of ether oxygens (including phenoxy) is 2. The largest absolute Gasteiger partial charge is 0.497 e. The number of aryl methyl sites for hydroxylation is 2. The fourth-order valence-electron chi connectivity index (χ4n) is 3.42. The van der Waals surface area contributed by atoms with E-state index in [9.17, 15) is 9.59 Å². The maximum absolute atomic E-state index is 13.2. The van der Waals surface area contributed by atoms with Crippen LogP contribution in [-0.4, -0.2) is 38.1 Å². The molecule has 0 N–H and O–H groups in total. The van der Waals surface area contributed by atoms with Gasteiger partial charge in [-0.2, -0.15) is 5.11 Å². The van der Waals surface area contributed by atoms with Gasteiger partial charge < -0.3 is 9.47 Å². The van der Waals surface area contributed by atoms with Crippen LogP contribution < -0.4 is 19.4 Å². The molecule has 2 atom stereocenters. The number of imide groups is 1. The van der Waals surface area contributed by atoms with Crippen LogP contribution in [0.25, 0.3) is 0 Å². The molecule has 0 spiro atoms. The van der Waals surface area contributed by atoms with Gasteiger partial charge in [0.05, 0.1) is 25.6 Å². The van der Waals surface area contributed by atoms with Crippen LogP contribution in [0.4, 0.5) is 11.4 Å². The summed E-state index contributed by atoms with van der Waals surface area (Å²) in [6, 6.07) is 9.02. The summed E-state index contributed by atoms with van der Waals surface area (Å²) in [5.41, 5.74) is 3.32. The Morgan fingerprint density at radius 3 is 2.14 bits per heavy atom. The van der Waals surface area contributed by atoms with Gasteiger partial charge in [0.2, 0.25) is 0 Å². The number of carbonyl (C=O) groups excluding carboxylic acids is 2. The topological polar surface area (TPSA) is 83.8 Å². The maximum Gasteiger partial charge on any atom is 0.263 e. The summed E-state index contributed by atoms with van der Waals surface area (Å²) in [6.07, 6.45) is 0. The molecule has 2 heterocycles. The van der Waals surface area contributed by atoms with Gasteiger partial charge in [-0.25, -0.2) is 9.91 Å². The zero-order chi connectivity index (χ0) is 20.0. The van der Waals surface area contributed by atoms with E-state index in [1.165, 1.54) is 19.2 Å². The molecule has 0 bridgehead atoms. The molecule has 2 aromatic rings. The predicted octanol–water partition coefficient (Wildman–Crippen LogP) is 2.82. The number of fused-ring (bicyclic) bond motifs is 1. The standard InChI is InChI=1S/C20H20N4O4/c1-11-5-6-13(7-12(11)2)24-18-17(21-22-24)19(25)23(20(18)26)14-8-15(27-3)10-16(9-14)28-4/h5-10,17-18H,1-4H3/t17-,18-/m0/s1. The van der Waals surface area contributed by atoms with E-state index in [2.05, 4.69) is 10.3 Å². The molecule has 0 aliphatic carbocycles. The van der Waals surface area contributed by atoms with Gasteiger partial charge in [0.15, 0.2) is 12.1 Å². The molecule has 0 radical (unpaired) electrons. The highest BCUT2D eigenvalue weighted by Crippen LogP contribution is 2.37. The number of benzene rings is 2. The number of nitrogens with zero attached hydrogens (tertiary/aromatic N) is 4. The minimum absolute atomic E-state index is 0.381. The number of hydrogen-bond donors (Lipinski definition) is 0. The van der Waals surface area contributed by atoms with Crippen LogP contribution in [0.3, 0.4) is 0 Å². The Morgan fingerprint density at radius 1 is 0.857 bits per heavy atom. The fourth-order valence-corrected chi connectivity index (χ4v) is 3.42. The van der Waals surface area contributed by atoms with Gasteiger partial charge in [0, 0.05) is 18.2 Å². The summed E-state index contributed by atoms with van der Waals surface area (Å²) in [7, 11) is 3.02. The summed E-state index contributed by atoms with van der Waals surface area (Å²) in [4.78, 5) is 27.3. The van der Waals surface area contributed by atoms with E-state index < -0.39 is 18.0 Å². The van der Waals surface area contributed by atoms with E-state index in [0.29, 0.717) is 17.2 Å². The molecular formula is C20H20N4O4. The lowest BCUT2D eigenvalue weighted by molar-refractivity contribution is -0.121. The van der Waals surface area contributed by atoms with Crippen molar-refractivity contribution < 1.29 is 19.1 Å². The third-order valence-electron chi connectivity index (χ3n) is 5.13. The molecule has 0 unspecified atom stereocenters. The van der Waals surface area contributed by atoms with Gasteiger partial charge in [0.1, 0.15) is 11.5 Å². The van der Waals surface area contributed by atoms with Gasteiger partial charge in [-0.05, 0) is 37.1 Å². The van der Waals surface area contributed by atoms with Crippen LogP contribution in [0.2, 0.25) is 0 Å². The Labute approximate surface area is 162 Å². The number of amides is 2. The van der Waals surface area contributed by atoms with E-state index in [1.54, 1.807) is 18.2 Å². The summed E-state index contributed by atoms with van der Waals surface area (Å²) < 4.78 is 10.5. The van der Waals surface area contributed by atoms with Crippen LogP contribution in [0, 0.1) is 13.8 Å². The predicted molar refractivity (Wildman–Crippen MR) is 103 cm³/mol. The average molecular weight is 380 g/mol. The van der Waals surface area contributed by atoms with Crippen molar-refractivity contribution in [1.82, 2.24) is 0 Å². The first-order valence-corrected chi connectivity index (χ1v) is 8.82. The van der Waals surface area contributed by atoms with Crippen LogP contribution in [0.1, 0.15) is 11.1 Å². The Balaban J connectivity index is 1.71. The lowest BCUT2D eigenvalue weighted by atomic mass is 10.1. The molecule has 2 amide bonds. The van der Waals surface area contributed by atoms with Crippen molar-refractivity contribution in [3.63, 3.8) is 0 Å². The van der Waals surface area contributed by atoms with Gasteiger partial charge in [-0.1, -0.05) is 11.3 Å². The highest BCUT2D eigenvalue weighted by molar-refractivity contribution is 6.26. The third-order valence-corrected chi connectivity index (χ3v) is 5.13. The molecule has 2 aromatic carbocycles. The summed E-state index contributed by atoms with van der Waals surface area (Å²) >= 11 is 0. The molecule has 2 aliphatic rings. The van der Waals surface area contributed by atoms with E-state index in [-0.39, 0.29) is 5.91 Å². The van der Waals surface area contributed by atoms with Crippen LogP contribution in [0.15, 0.2) is 46.7 Å². The molecule has 8 nitrogen and oxygen atoms in total. The number of methoxy groups -OCH3 is 2. The summed E-state index contributed by atoms with van der Waals surface area (Å²) in [6.45, 7) is 4.00. The van der Waals surface area contributed by atoms with E-state index >= 15 is 0 Å². The number of hydrogen-bond acceptors (Lipinski definition) is 7. The normalized spacial score (nSPS) is 20.7. The molecule has 1 fully saturated rings. The monoisotopic (exact) mass is 380 g/mol. The molecule has 144 valence electrons. The molecule has 0 saturated carbocycles. The average Bonchev–Trinajstić information content (AvgIpc) is 3.24. The van der Waals surface area contributed by atoms with E-state index in [4.69, 9.17) is 9.47 Å². The Morgan fingerprint density at radius 2 is 1.54 bits per heavy atom. The van der Waals surface area contributed by atoms with E-state index in [1.807, 2.05) is 32.0 Å². The molecule has 28 heavy (non-hydrogen) atoms. The molecule has 1 saturated heterocycles. The second kappa shape index (κ2) is 6.63. The SMILES string of the molecule is COc1cc(OC)cc(N2C(=O)[C@H]3N=NN(c4ccc(C)c(C)c4)[C@@H]3C2=O)c1. The van der Waals surface area contributed by atoms with Crippen molar-refractivity contribution in [2.75, 3.05) is 24.1 Å². The third kappa shape index (κ3) is 2.69. The lowest BCUT2D eigenvalue weighted by Crippen LogP contribution is -2.40. The molecular weight excluding hydrogens is 360 g/mol. The van der Waals surface area contributed by atoms with Crippen LogP contribution in [-0.2, 0) is 9.59 Å². The number of anilines is 2. The minimum atomic E-state index is -0.869. The molecule has 2 aliphatic heterocycles. The smallest absolute Gasteiger partial charge is 0.263 e. The maximum atomic E-state index is 13.2. The quantitative estimate of drug-likeness (QED) is 0.762. The second-order valence-corrected chi connectivity index (χ2v) is 6.79. The van der Waals surface area contributed by atoms with E-state index in [0.717, 1.165) is 21.7 Å². The fraction of sp³-hybridized carbons (Fsp3) is 0.300. The van der Waals surface area contributed by atoms with Crippen molar-refractivity contribution >= 4 is 23.2 Å². The van der Waals surface area contributed by atoms with Crippen molar-refractivity contribution in [1.29, 1.82) is 0 Å². The zero-order valence-corrected chi connectivity index (χ0v) is 16.0. The van der Waals surface area contributed by atoms with Crippen molar-refractivity contribution in [3.8, 4) is 11.5 Å². The molecule has 0 aromatic heterocycles.